The van der Waals surface area contributed by atoms with E-state index in [1.807, 2.05) is 18.2 Å². The summed E-state index contributed by atoms with van der Waals surface area (Å²) in [5, 5.41) is 12.4. The SMILES string of the molecule is COCc1c(Br)cccc1NC[C@@H](C)O. The van der Waals surface area contributed by atoms with Gasteiger partial charge in [-0.3, -0.25) is 0 Å². The first-order chi connectivity index (χ1) is 7.15. The monoisotopic (exact) mass is 273 g/mol. The first kappa shape index (κ1) is 12.5. The van der Waals surface area contributed by atoms with Gasteiger partial charge in [0.2, 0.25) is 0 Å². The Bertz CT molecular complexity index is 315. The molecule has 1 rings (SSSR count). The summed E-state index contributed by atoms with van der Waals surface area (Å²) in [4.78, 5) is 0. The number of hydrogen-bond acceptors (Lipinski definition) is 3. The molecule has 0 aliphatic heterocycles. The minimum Gasteiger partial charge on any atom is -0.392 e. The molecule has 84 valence electrons. The summed E-state index contributed by atoms with van der Waals surface area (Å²) in [5.74, 6) is 0. The van der Waals surface area contributed by atoms with Crippen LogP contribution in [0.2, 0.25) is 0 Å². The molecule has 0 radical (unpaired) electrons. The van der Waals surface area contributed by atoms with Gasteiger partial charge in [-0.2, -0.15) is 0 Å². The van der Waals surface area contributed by atoms with Crippen LogP contribution in [0.15, 0.2) is 22.7 Å². The lowest BCUT2D eigenvalue weighted by Crippen LogP contribution is -2.16. The molecule has 0 saturated carbocycles. The molecule has 15 heavy (non-hydrogen) atoms. The molecule has 0 aliphatic rings. The second kappa shape index (κ2) is 6.10. The quantitative estimate of drug-likeness (QED) is 0.866. The number of methoxy groups -OCH3 is 1. The lowest BCUT2D eigenvalue weighted by atomic mass is 10.2. The van der Waals surface area contributed by atoms with E-state index in [1.54, 1.807) is 14.0 Å². The summed E-state index contributed by atoms with van der Waals surface area (Å²) in [6.07, 6.45) is -0.362. The van der Waals surface area contributed by atoms with Crippen LogP contribution in [0.5, 0.6) is 0 Å². The van der Waals surface area contributed by atoms with Gasteiger partial charge in [0.25, 0.3) is 0 Å². The number of rotatable bonds is 5. The molecule has 0 saturated heterocycles. The maximum Gasteiger partial charge on any atom is 0.0744 e. The minimum absolute atomic E-state index is 0.362. The predicted octanol–water partition coefficient (Wildman–Crippen LogP) is 2.39. The van der Waals surface area contributed by atoms with Crippen molar-refractivity contribution in [2.75, 3.05) is 19.0 Å². The Morgan fingerprint density at radius 1 is 1.53 bits per heavy atom. The van der Waals surface area contributed by atoms with Gasteiger partial charge in [0.1, 0.15) is 0 Å². The third-order valence-electron chi connectivity index (χ3n) is 2.00. The molecule has 0 aromatic heterocycles. The average Bonchev–Trinajstić information content (AvgIpc) is 2.19. The Morgan fingerprint density at radius 2 is 2.27 bits per heavy atom. The van der Waals surface area contributed by atoms with E-state index in [0.717, 1.165) is 15.7 Å². The first-order valence-corrected chi connectivity index (χ1v) is 5.62. The number of aliphatic hydroxyl groups excluding tert-OH is 1. The number of benzene rings is 1. The fourth-order valence-electron chi connectivity index (χ4n) is 1.27. The highest BCUT2D eigenvalue weighted by Crippen LogP contribution is 2.25. The highest BCUT2D eigenvalue weighted by atomic mass is 79.9. The Balaban J connectivity index is 2.80. The summed E-state index contributed by atoms with van der Waals surface area (Å²) in [5.41, 5.74) is 2.06. The third-order valence-corrected chi connectivity index (χ3v) is 2.74. The van der Waals surface area contributed by atoms with E-state index < -0.39 is 0 Å². The van der Waals surface area contributed by atoms with Crippen LogP contribution >= 0.6 is 15.9 Å². The molecule has 4 heteroatoms. The van der Waals surface area contributed by atoms with Gasteiger partial charge in [-0.1, -0.05) is 22.0 Å². The zero-order valence-corrected chi connectivity index (χ0v) is 10.5. The van der Waals surface area contributed by atoms with Crippen molar-refractivity contribution in [1.82, 2.24) is 0 Å². The molecule has 3 nitrogen and oxygen atoms in total. The molecule has 0 fully saturated rings. The van der Waals surface area contributed by atoms with Crippen molar-refractivity contribution in [2.24, 2.45) is 0 Å². The summed E-state index contributed by atoms with van der Waals surface area (Å²) in [6, 6.07) is 5.90. The van der Waals surface area contributed by atoms with Gasteiger partial charge < -0.3 is 15.2 Å². The largest absolute Gasteiger partial charge is 0.392 e. The van der Waals surface area contributed by atoms with Crippen LogP contribution in [0.4, 0.5) is 5.69 Å². The maximum absolute atomic E-state index is 9.20. The van der Waals surface area contributed by atoms with Gasteiger partial charge in [0, 0.05) is 29.4 Å². The number of aliphatic hydroxyl groups is 1. The highest BCUT2D eigenvalue weighted by molar-refractivity contribution is 9.10. The van der Waals surface area contributed by atoms with E-state index in [0.29, 0.717) is 13.2 Å². The molecule has 0 aliphatic carbocycles. The summed E-state index contributed by atoms with van der Waals surface area (Å²) in [7, 11) is 1.66. The Morgan fingerprint density at radius 3 is 2.87 bits per heavy atom. The minimum atomic E-state index is -0.362. The average molecular weight is 274 g/mol. The summed E-state index contributed by atoms with van der Waals surface area (Å²) >= 11 is 3.47. The van der Waals surface area contributed by atoms with E-state index in [1.165, 1.54) is 0 Å². The van der Waals surface area contributed by atoms with E-state index in [2.05, 4.69) is 21.2 Å². The van der Waals surface area contributed by atoms with Crippen LogP contribution in [0.3, 0.4) is 0 Å². The molecule has 1 atom stereocenters. The van der Waals surface area contributed by atoms with Gasteiger partial charge in [-0.05, 0) is 19.1 Å². The molecular weight excluding hydrogens is 258 g/mol. The lowest BCUT2D eigenvalue weighted by Gasteiger charge is -2.14. The molecule has 0 bridgehead atoms. The second-order valence-corrected chi connectivity index (χ2v) is 4.28. The van der Waals surface area contributed by atoms with Crippen molar-refractivity contribution in [1.29, 1.82) is 0 Å². The fraction of sp³-hybridized carbons (Fsp3) is 0.455. The van der Waals surface area contributed by atoms with E-state index in [-0.39, 0.29) is 6.10 Å². The zero-order valence-electron chi connectivity index (χ0n) is 8.96. The van der Waals surface area contributed by atoms with Gasteiger partial charge in [-0.15, -0.1) is 0 Å². The summed E-state index contributed by atoms with van der Waals surface area (Å²) in [6.45, 7) is 2.83. The van der Waals surface area contributed by atoms with E-state index in [9.17, 15) is 5.11 Å². The molecule has 0 amide bonds. The fourth-order valence-corrected chi connectivity index (χ4v) is 1.75. The number of ether oxygens (including phenoxy) is 1. The van der Waals surface area contributed by atoms with Crippen molar-refractivity contribution in [3.63, 3.8) is 0 Å². The molecular formula is C11H16BrNO2. The van der Waals surface area contributed by atoms with Crippen molar-refractivity contribution >= 4 is 21.6 Å². The van der Waals surface area contributed by atoms with Crippen LogP contribution in [-0.4, -0.2) is 24.9 Å². The van der Waals surface area contributed by atoms with Crippen molar-refractivity contribution in [2.45, 2.75) is 19.6 Å². The Kier molecular flexibility index (Phi) is 5.08. The van der Waals surface area contributed by atoms with Gasteiger partial charge in [0.05, 0.1) is 12.7 Å². The lowest BCUT2D eigenvalue weighted by molar-refractivity contribution is 0.184. The number of nitrogens with one attached hydrogen (secondary N) is 1. The highest BCUT2D eigenvalue weighted by Gasteiger charge is 2.06. The van der Waals surface area contributed by atoms with E-state index >= 15 is 0 Å². The third kappa shape index (κ3) is 3.81. The number of hydrogen-bond donors (Lipinski definition) is 2. The van der Waals surface area contributed by atoms with Crippen LogP contribution in [0.1, 0.15) is 12.5 Å². The topological polar surface area (TPSA) is 41.5 Å². The van der Waals surface area contributed by atoms with Crippen LogP contribution in [-0.2, 0) is 11.3 Å². The van der Waals surface area contributed by atoms with E-state index in [4.69, 9.17) is 4.74 Å². The normalized spacial score (nSPS) is 12.5. The van der Waals surface area contributed by atoms with Crippen molar-refractivity contribution < 1.29 is 9.84 Å². The summed E-state index contributed by atoms with van der Waals surface area (Å²) < 4.78 is 6.14. The first-order valence-electron chi connectivity index (χ1n) is 4.83. The van der Waals surface area contributed by atoms with Crippen LogP contribution < -0.4 is 5.32 Å². The van der Waals surface area contributed by atoms with Gasteiger partial charge >= 0.3 is 0 Å². The molecule has 2 N–H and O–H groups in total. The van der Waals surface area contributed by atoms with Crippen LogP contribution in [0.25, 0.3) is 0 Å². The Hall–Kier alpha value is -0.580. The number of anilines is 1. The van der Waals surface area contributed by atoms with Gasteiger partial charge in [-0.25, -0.2) is 0 Å². The number of halogens is 1. The standard InChI is InChI=1S/C11H16BrNO2/c1-8(14)6-13-11-5-3-4-10(12)9(11)7-15-2/h3-5,8,13-14H,6-7H2,1-2H3/t8-/m1/s1. The van der Waals surface area contributed by atoms with Crippen molar-refractivity contribution in [3.05, 3.63) is 28.2 Å². The Labute approximate surface area is 98.6 Å². The van der Waals surface area contributed by atoms with Crippen LogP contribution in [0, 0.1) is 0 Å². The molecule has 0 spiro atoms. The smallest absolute Gasteiger partial charge is 0.0744 e. The molecule has 0 unspecified atom stereocenters. The van der Waals surface area contributed by atoms with Crippen molar-refractivity contribution in [3.8, 4) is 0 Å². The van der Waals surface area contributed by atoms with Gasteiger partial charge in [0.15, 0.2) is 0 Å². The zero-order chi connectivity index (χ0) is 11.3. The predicted molar refractivity (Wildman–Crippen MR) is 65.0 cm³/mol. The molecule has 0 heterocycles. The molecule has 1 aromatic carbocycles. The maximum atomic E-state index is 9.20. The second-order valence-electron chi connectivity index (χ2n) is 3.43. The molecule has 1 aromatic rings.